The Morgan fingerprint density at radius 1 is 1.32 bits per heavy atom. The summed E-state index contributed by atoms with van der Waals surface area (Å²) in [5.41, 5.74) is 4.56. The van der Waals surface area contributed by atoms with Gasteiger partial charge in [-0.25, -0.2) is 9.97 Å². The van der Waals surface area contributed by atoms with E-state index in [-0.39, 0.29) is 18.4 Å². The molecule has 4 rings (SSSR count). The Morgan fingerprint density at radius 3 is 2.84 bits per heavy atom. The van der Waals surface area contributed by atoms with Gasteiger partial charge in [-0.3, -0.25) is 9.48 Å². The lowest BCUT2D eigenvalue weighted by Crippen LogP contribution is -2.39. The minimum atomic E-state index is -0.158. The molecule has 1 aliphatic rings. The van der Waals surface area contributed by atoms with E-state index in [9.17, 15) is 9.90 Å². The van der Waals surface area contributed by atoms with Gasteiger partial charge in [0.1, 0.15) is 5.82 Å². The number of nitrogens with zero attached hydrogens (tertiary/aromatic N) is 6. The standard InChI is InChI=1S/C22H28N6O3/c1-5-28-14(3)20(13(2)25-28)19-9-18(26-31-19)22(30)27-8-6-7-16(11-27)21-17(12-29)10-23-15(4)24-21/h9-10,16,29H,5-8,11-12H2,1-4H3. The average molecular weight is 425 g/mol. The van der Waals surface area contributed by atoms with Crippen LogP contribution < -0.4 is 0 Å². The average Bonchev–Trinajstić information content (AvgIpc) is 3.37. The molecule has 4 heterocycles. The van der Waals surface area contributed by atoms with Crippen molar-refractivity contribution in [1.82, 2.24) is 29.8 Å². The van der Waals surface area contributed by atoms with E-state index in [1.807, 2.05) is 32.4 Å². The van der Waals surface area contributed by atoms with Crippen molar-refractivity contribution in [3.8, 4) is 11.3 Å². The summed E-state index contributed by atoms with van der Waals surface area (Å²) in [5, 5.41) is 18.3. The first-order valence-electron chi connectivity index (χ1n) is 10.7. The highest BCUT2D eigenvalue weighted by Crippen LogP contribution is 2.31. The number of carbonyl (C=O) groups excluding carboxylic acids is 1. The largest absolute Gasteiger partial charge is 0.392 e. The van der Waals surface area contributed by atoms with E-state index in [1.54, 1.807) is 17.2 Å². The quantitative estimate of drug-likeness (QED) is 0.670. The third kappa shape index (κ3) is 3.97. The van der Waals surface area contributed by atoms with Crippen LogP contribution in [0.1, 0.15) is 64.6 Å². The van der Waals surface area contributed by atoms with Crippen LogP contribution in [0, 0.1) is 20.8 Å². The molecule has 1 atom stereocenters. The summed E-state index contributed by atoms with van der Waals surface area (Å²) in [6.07, 6.45) is 3.44. The molecule has 3 aromatic rings. The van der Waals surface area contributed by atoms with Crippen LogP contribution >= 0.6 is 0 Å². The van der Waals surface area contributed by atoms with Crippen LogP contribution in [0.2, 0.25) is 0 Å². The van der Waals surface area contributed by atoms with Gasteiger partial charge >= 0.3 is 0 Å². The summed E-state index contributed by atoms with van der Waals surface area (Å²) >= 11 is 0. The molecule has 1 saturated heterocycles. The normalized spacial score (nSPS) is 16.7. The Labute approximate surface area is 181 Å². The minimum Gasteiger partial charge on any atom is -0.392 e. The van der Waals surface area contributed by atoms with Crippen molar-refractivity contribution >= 4 is 5.91 Å². The van der Waals surface area contributed by atoms with E-state index in [0.717, 1.165) is 42.0 Å². The zero-order valence-electron chi connectivity index (χ0n) is 18.4. The maximum absolute atomic E-state index is 13.2. The Kier molecular flexibility index (Phi) is 5.86. The fraction of sp³-hybridized carbons (Fsp3) is 0.500. The van der Waals surface area contributed by atoms with Gasteiger partial charge in [0.2, 0.25) is 0 Å². The van der Waals surface area contributed by atoms with Crippen molar-refractivity contribution < 1.29 is 14.4 Å². The summed E-state index contributed by atoms with van der Waals surface area (Å²) in [6, 6.07) is 1.71. The van der Waals surface area contributed by atoms with Crippen LogP contribution in [0.5, 0.6) is 0 Å². The number of likely N-dealkylation sites (tertiary alicyclic amines) is 1. The van der Waals surface area contributed by atoms with Crippen molar-refractivity contribution in [2.24, 2.45) is 0 Å². The smallest absolute Gasteiger partial charge is 0.276 e. The number of hydrogen-bond acceptors (Lipinski definition) is 7. The van der Waals surface area contributed by atoms with Gasteiger partial charge in [-0.15, -0.1) is 0 Å². The van der Waals surface area contributed by atoms with E-state index < -0.39 is 0 Å². The number of carbonyl (C=O) groups is 1. The van der Waals surface area contributed by atoms with Crippen LogP contribution in [0.15, 0.2) is 16.8 Å². The molecule has 1 unspecified atom stereocenters. The van der Waals surface area contributed by atoms with Gasteiger partial charge in [0, 0.05) is 49.1 Å². The molecule has 3 aromatic heterocycles. The van der Waals surface area contributed by atoms with Gasteiger partial charge in [0.15, 0.2) is 11.5 Å². The molecule has 1 fully saturated rings. The molecule has 0 spiro atoms. The molecule has 1 aliphatic heterocycles. The summed E-state index contributed by atoms with van der Waals surface area (Å²) in [6.45, 7) is 9.61. The van der Waals surface area contributed by atoms with E-state index in [0.29, 0.717) is 35.9 Å². The van der Waals surface area contributed by atoms with Crippen molar-refractivity contribution in [2.75, 3.05) is 13.1 Å². The zero-order chi connectivity index (χ0) is 22.1. The second kappa shape index (κ2) is 8.58. The number of piperidine rings is 1. The molecule has 1 N–H and O–H groups in total. The monoisotopic (exact) mass is 424 g/mol. The first kappa shape index (κ1) is 21.2. The molecule has 0 saturated carbocycles. The van der Waals surface area contributed by atoms with E-state index in [1.165, 1.54) is 0 Å². The molecule has 0 bridgehead atoms. The Morgan fingerprint density at radius 2 is 2.13 bits per heavy atom. The Hall–Kier alpha value is -3.07. The summed E-state index contributed by atoms with van der Waals surface area (Å²) in [5.74, 6) is 1.12. The predicted octanol–water partition coefficient (Wildman–Crippen LogP) is 2.79. The maximum Gasteiger partial charge on any atom is 0.276 e. The maximum atomic E-state index is 13.2. The molecular weight excluding hydrogens is 396 g/mol. The van der Waals surface area contributed by atoms with Crippen molar-refractivity contribution in [3.63, 3.8) is 0 Å². The summed E-state index contributed by atoms with van der Waals surface area (Å²) in [4.78, 5) is 23.7. The molecule has 0 radical (unpaired) electrons. The first-order chi connectivity index (χ1) is 14.9. The summed E-state index contributed by atoms with van der Waals surface area (Å²) < 4.78 is 7.45. The lowest BCUT2D eigenvalue weighted by atomic mass is 9.92. The molecular formula is C22H28N6O3. The van der Waals surface area contributed by atoms with Crippen LogP contribution in [-0.2, 0) is 13.2 Å². The zero-order valence-corrected chi connectivity index (χ0v) is 18.4. The number of rotatable bonds is 5. The van der Waals surface area contributed by atoms with E-state index in [2.05, 4.69) is 20.2 Å². The topological polar surface area (TPSA) is 110 Å². The van der Waals surface area contributed by atoms with Gasteiger partial charge in [-0.1, -0.05) is 5.16 Å². The highest BCUT2D eigenvalue weighted by Gasteiger charge is 2.30. The van der Waals surface area contributed by atoms with Gasteiger partial charge in [0.25, 0.3) is 5.91 Å². The highest BCUT2D eigenvalue weighted by molar-refractivity contribution is 5.93. The number of aryl methyl sites for hydroxylation is 3. The third-order valence-corrected chi connectivity index (χ3v) is 5.94. The molecule has 31 heavy (non-hydrogen) atoms. The molecule has 9 nitrogen and oxygen atoms in total. The minimum absolute atomic E-state index is 0.0557. The lowest BCUT2D eigenvalue weighted by molar-refractivity contribution is 0.0694. The van der Waals surface area contributed by atoms with Crippen LogP contribution in [0.4, 0.5) is 0 Å². The van der Waals surface area contributed by atoms with E-state index >= 15 is 0 Å². The van der Waals surface area contributed by atoms with E-state index in [4.69, 9.17) is 4.52 Å². The lowest BCUT2D eigenvalue weighted by Gasteiger charge is -2.32. The second-order valence-corrected chi connectivity index (χ2v) is 8.01. The number of amides is 1. The Balaban J connectivity index is 1.56. The van der Waals surface area contributed by atoms with Gasteiger partial charge < -0.3 is 14.5 Å². The second-order valence-electron chi connectivity index (χ2n) is 8.01. The summed E-state index contributed by atoms with van der Waals surface area (Å²) in [7, 11) is 0. The molecule has 0 aromatic carbocycles. The molecule has 9 heteroatoms. The number of hydrogen-bond donors (Lipinski definition) is 1. The number of aliphatic hydroxyl groups excluding tert-OH is 1. The van der Waals surface area contributed by atoms with Crippen LogP contribution in [0.25, 0.3) is 11.3 Å². The fourth-order valence-electron chi connectivity index (χ4n) is 4.39. The predicted molar refractivity (Wildman–Crippen MR) is 113 cm³/mol. The van der Waals surface area contributed by atoms with Crippen LogP contribution in [-0.4, -0.2) is 53.9 Å². The number of aliphatic hydroxyl groups is 1. The van der Waals surface area contributed by atoms with Crippen molar-refractivity contribution in [1.29, 1.82) is 0 Å². The molecule has 0 aliphatic carbocycles. The highest BCUT2D eigenvalue weighted by atomic mass is 16.5. The Bertz CT molecular complexity index is 1100. The van der Waals surface area contributed by atoms with Crippen LogP contribution in [0.3, 0.4) is 0 Å². The molecule has 164 valence electrons. The fourth-order valence-corrected chi connectivity index (χ4v) is 4.39. The molecule has 1 amide bonds. The first-order valence-corrected chi connectivity index (χ1v) is 10.7. The van der Waals surface area contributed by atoms with Gasteiger partial charge in [-0.05, 0) is 40.5 Å². The third-order valence-electron chi connectivity index (χ3n) is 5.94. The van der Waals surface area contributed by atoms with Gasteiger partial charge in [0.05, 0.1) is 23.6 Å². The van der Waals surface area contributed by atoms with Gasteiger partial charge in [-0.2, -0.15) is 5.10 Å². The van der Waals surface area contributed by atoms with Crippen molar-refractivity contribution in [3.05, 3.63) is 46.4 Å². The SMILES string of the molecule is CCn1nc(C)c(-c2cc(C(=O)N3CCCC(c4nc(C)ncc4CO)C3)no2)c1C. The van der Waals surface area contributed by atoms with Crippen molar-refractivity contribution in [2.45, 2.75) is 59.6 Å². The number of aromatic nitrogens is 5.